The summed E-state index contributed by atoms with van der Waals surface area (Å²) in [5, 5.41) is 3.38. The number of benzene rings is 3. The van der Waals surface area contributed by atoms with Crippen molar-refractivity contribution in [2.45, 2.75) is 31.3 Å². The molecule has 7 nitrogen and oxygen atoms in total. The summed E-state index contributed by atoms with van der Waals surface area (Å²) in [6.07, 6.45) is 0. The molecule has 11 heteroatoms. The number of halogens is 3. The van der Waals surface area contributed by atoms with Crippen molar-refractivity contribution in [3.63, 3.8) is 0 Å². The first-order valence-corrected chi connectivity index (χ1v) is 14.4. The minimum Gasteiger partial charge on any atom is -0.355 e. The lowest BCUT2D eigenvalue weighted by atomic mass is 10.1. The van der Waals surface area contributed by atoms with E-state index in [-0.39, 0.29) is 17.3 Å². The summed E-state index contributed by atoms with van der Waals surface area (Å²) in [6.45, 7) is 3.24. The lowest BCUT2D eigenvalue weighted by Crippen LogP contribution is -2.51. The molecule has 0 aliphatic heterocycles. The number of nitrogens with zero attached hydrogens (tertiary/aromatic N) is 2. The van der Waals surface area contributed by atoms with Gasteiger partial charge in [-0.1, -0.05) is 69.5 Å². The summed E-state index contributed by atoms with van der Waals surface area (Å²) in [6, 6.07) is 18.6. The van der Waals surface area contributed by atoms with Crippen molar-refractivity contribution in [2.75, 3.05) is 17.4 Å². The Balaban J connectivity index is 2.03. The van der Waals surface area contributed by atoms with Gasteiger partial charge in [-0.05, 0) is 61.9 Å². The number of hydrogen-bond donors (Lipinski definition) is 1. The van der Waals surface area contributed by atoms with E-state index in [1.807, 2.05) is 0 Å². The number of hydrogen-bond acceptors (Lipinski definition) is 4. The minimum absolute atomic E-state index is 0.0196. The maximum Gasteiger partial charge on any atom is 0.264 e. The van der Waals surface area contributed by atoms with E-state index < -0.39 is 28.5 Å². The van der Waals surface area contributed by atoms with Crippen LogP contribution in [0.25, 0.3) is 0 Å². The molecule has 3 aromatic carbocycles. The van der Waals surface area contributed by atoms with Gasteiger partial charge in [0, 0.05) is 17.6 Å². The summed E-state index contributed by atoms with van der Waals surface area (Å²) < 4.78 is 29.0. The molecule has 0 aromatic heterocycles. The highest BCUT2D eigenvalue weighted by Crippen LogP contribution is 2.28. The van der Waals surface area contributed by atoms with Crippen LogP contribution in [0.1, 0.15) is 19.4 Å². The number of carbonyl (C=O) groups is 2. The minimum atomic E-state index is -4.11. The SMILES string of the molecule is CCNC(=O)[C@H](C)N(Cc1ccc(Cl)c(Cl)c1)C(=O)CN(c1cccc(Br)c1)S(=O)(=O)c1ccccc1. The number of anilines is 1. The Hall–Kier alpha value is -2.59. The Bertz CT molecular complexity index is 1370. The van der Waals surface area contributed by atoms with Crippen molar-refractivity contribution in [3.05, 3.63) is 92.9 Å². The molecule has 0 saturated heterocycles. The van der Waals surface area contributed by atoms with Gasteiger partial charge in [-0.2, -0.15) is 0 Å². The van der Waals surface area contributed by atoms with Crippen molar-refractivity contribution in [1.82, 2.24) is 10.2 Å². The van der Waals surface area contributed by atoms with Crippen molar-refractivity contribution in [3.8, 4) is 0 Å². The van der Waals surface area contributed by atoms with Gasteiger partial charge in [-0.15, -0.1) is 0 Å². The molecule has 3 aromatic rings. The number of nitrogens with one attached hydrogen (secondary N) is 1. The summed E-state index contributed by atoms with van der Waals surface area (Å²) in [7, 11) is -4.11. The standard InChI is InChI=1S/C26H26BrCl2N3O4S/c1-3-30-26(34)18(2)31(16-19-12-13-23(28)24(29)14-19)25(33)17-32(21-9-7-8-20(27)15-21)37(35,36)22-10-5-4-6-11-22/h4-15,18H,3,16-17H2,1-2H3,(H,30,34)/t18-/m0/s1. The van der Waals surface area contributed by atoms with Crippen molar-refractivity contribution in [1.29, 1.82) is 0 Å². The van der Waals surface area contributed by atoms with Gasteiger partial charge in [0.1, 0.15) is 12.6 Å². The second-order valence-corrected chi connectivity index (χ2v) is 11.7. The smallest absolute Gasteiger partial charge is 0.264 e. The van der Waals surface area contributed by atoms with E-state index in [9.17, 15) is 18.0 Å². The number of likely N-dealkylation sites (N-methyl/N-ethyl adjacent to an activating group) is 1. The molecule has 0 aliphatic carbocycles. The van der Waals surface area contributed by atoms with Gasteiger partial charge in [-0.3, -0.25) is 13.9 Å². The van der Waals surface area contributed by atoms with Gasteiger partial charge >= 0.3 is 0 Å². The molecule has 196 valence electrons. The molecule has 0 heterocycles. The summed E-state index contributed by atoms with van der Waals surface area (Å²) in [5.41, 5.74) is 0.936. The number of carbonyl (C=O) groups excluding carboxylic acids is 2. The van der Waals surface area contributed by atoms with Crippen LogP contribution >= 0.6 is 39.1 Å². The highest BCUT2D eigenvalue weighted by Gasteiger charge is 2.32. The number of rotatable bonds is 10. The van der Waals surface area contributed by atoms with Crippen LogP contribution in [0.2, 0.25) is 10.0 Å². The van der Waals surface area contributed by atoms with Gasteiger partial charge in [0.15, 0.2) is 0 Å². The van der Waals surface area contributed by atoms with E-state index >= 15 is 0 Å². The Morgan fingerprint density at radius 3 is 2.30 bits per heavy atom. The molecule has 1 N–H and O–H groups in total. The zero-order valence-corrected chi connectivity index (χ0v) is 24.1. The van der Waals surface area contributed by atoms with E-state index in [1.165, 1.54) is 17.0 Å². The molecule has 1 atom stereocenters. The quantitative estimate of drug-likeness (QED) is 0.322. The Morgan fingerprint density at radius 2 is 1.68 bits per heavy atom. The van der Waals surface area contributed by atoms with E-state index in [0.29, 0.717) is 32.3 Å². The fourth-order valence-corrected chi connectivity index (χ4v) is 5.75. The summed E-state index contributed by atoms with van der Waals surface area (Å²) in [5.74, 6) is -0.930. The van der Waals surface area contributed by atoms with Crippen molar-refractivity contribution in [2.24, 2.45) is 0 Å². The molecule has 0 saturated carbocycles. The lowest BCUT2D eigenvalue weighted by Gasteiger charge is -2.32. The van der Waals surface area contributed by atoms with Gasteiger partial charge in [0.25, 0.3) is 10.0 Å². The third-order valence-corrected chi connectivity index (χ3v) is 8.58. The zero-order valence-electron chi connectivity index (χ0n) is 20.2. The van der Waals surface area contributed by atoms with E-state index in [0.717, 1.165) is 4.31 Å². The van der Waals surface area contributed by atoms with Gasteiger partial charge in [0.05, 0.1) is 20.6 Å². The molecule has 0 bridgehead atoms. The Labute approximate surface area is 235 Å². The maximum atomic E-state index is 13.8. The Kier molecular flexibility index (Phi) is 10.0. The molecule has 0 aliphatic rings. The largest absolute Gasteiger partial charge is 0.355 e. The van der Waals surface area contributed by atoms with Gasteiger partial charge in [0.2, 0.25) is 11.8 Å². The molecule has 0 unspecified atom stereocenters. The molecule has 0 fully saturated rings. The molecule has 37 heavy (non-hydrogen) atoms. The zero-order chi connectivity index (χ0) is 27.2. The third-order valence-electron chi connectivity index (χ3n) is 5.56. The van der Waals surface area contributed by atoms with Crippen LogP contribution in [0, 0.1) is 0 Å². The highest BCUT2D eigenvalue weighted by molar-refractivity contribution is 9.10. The van der Waals surface area contributed by atoms with Crippen LogP contribution in [-0.2, 0) is 26.2 Å². The normalized spacial score (nSPS) is 12.0. The van der Waals surface area contributed by atoms with Crippen LogP contribution in [-0.4, -0.2) is 44.3 Å². The number of amides is 2. The van der Waals surface area contributed by atoms with Gasteiger partial charge < -0.3 is 10.2 Å². The molecular formula is C26H26BrCl2N3O4S. The highest BCUT2D eigenvalue weighted by atomic mass is 79.9. The average molecular weight is 627 g/mol. The van der Waals surface area contributed by atoms with Crippen LogP contribution in [0.15, 0.2) is 82.2 Å². The van der Waals surface area contributed by atoms with Crippen LogP contribution in [0.3, 0.4) is 0 Å². The monoisotopic (exact) mass is 625 g/mol. The third kappa shape index (κ3) is 7.25. The van der Waals surface area contributed by atoms with E-state index in [2.05, 4.69) is 21.2 Å². The molecule has 3 rings (SSSR count). The first kappa shape index (κ1) is 29.0. The first-order valence-electron chi connectivity index (χ1n) is 11.4. The van der Waals surface area contributed by atoms with E-state index in [4.69, 9.17) is 23.2 Å². The maximum absolute atomic E-state index is 13.8. The predicted octanol–water partition coefficient (Wildman–Crippen LogP) is 5.50. The van der Waals surface area contributed by atoms with Crippen LogP contribution in [0.4, 0.5) is 5.69 Å². The van der Waals surface area contributed by atoms with E-state index in [1.54, 1.807) is 74.5 Å². The Morgan fingerprint density at radius 1 is 0.973 bits per heavy atom. The fourth-order valence-electron chi connectivity index (χ4n) is 3.62. The first-order chi connectivity index (χ1) is 17.5. The second kappa shape index (κ2) is 12.8. The van der Waals surface area contributed by atoms with Crippen LogP contribution in [0.5, 0.6) is 0 Å². The topological polar surface area (TPSA) is 86.8 Å². The fraction of sp³-hybridized carbons (Fsp3) is 0.231. The molecule has 0 radical (unpaired) electrons. The number of sulfonamides is 1. The predicted molar refractivity (Wildman–Crippen MR) is 150 cm³/mol. The summed E-state index contributed by atoms with van der Waals surface area (Å²) in [4.78, 5) is 27.9. The van der Waals surface area contributed by atoms with Gasteiger partial charge in [-0.25, -0.2) is 8.42 Å². The van der Waals surface area contributed by atoms with Crippen molar-refractivity contribution >= 4 is 66.7 Å². The van der Waals surface area contributed by atoms with Crippen LogP contribution < -0.4 is 9.62 Å². The average Bonchev–Trinajstić information content (AvgIpc) is 2.87. The molecule has 0 spiro atoms. The molecular weight excluding hydrogens is 601 g/mol. The van der Waals surface area contributed by atoms with Crippen molar-refractivity contribution < 1.29 is 18.0 Å². The molecule has 2 amide bonds. The summed E-state index contributed by atoms with van der Waals surface area (Å²) >= 11 is 15.6. The second-order valence-electron chi connectivity index (χ2n) is 8.15. The lowest BCUT2D eigenvalue weighted by molar-refractivity contribution is -0.139.